The summed E-state index contributed by atoms with van der Waals surface area (Å²) < 4.78 is 0. The van der Waals surface area contributed by atoms with E-state index in [4.69, 9.17) is 0 Å². The largest absolute Gasteiger partial charge is 0.393 e. The van der Waals surface area contributed by atoms with Crippen LogP contribution in [0.5, 0.6) is 0 Å². The molecule has 1 rings (SSSR count). The fourth-order valence-corrected chi connectivity index (χ4v) is 2.17. The molecule has 0 saturated heterocycles. The van der Waals surface area contributed by atoms with Crippen molar-refractivity contribution >= 4 is 0 Å². The molecule has 0 aliphatic heterocycles. The Bertz CT molecular complexity index is 146. The van der Waals surface area contributed by atoms with Gasteiger partial charge in [0.2, 0.25) is 0 Å². The van der Waals surface area contributed by atoms with E-state index in [-0.39, 0.29) is 6.10 Å². The van der Waals surface area contributed by atoms with Crippen LogP contribution in [0.15, 0.2) is 0 Å². The van der Waals surface area contributed by atoms with E-state index < -0.39 is 0 Å². The highest BCUT2D eigenvalue weighted by molar-refractivity contribution is 4.83. The van der Waals surface area contributed by atoms with Gasteiger partial charge in [-0.25, -0.2) is 0 Å². The monoisotopic (exact) mass is 170 g/mol. The van der Waals surface area contributed by atoms with Gasteiger partial charge in [0.15, 0.2) is 0 Å². The maximum absolute atomic E-state index is 9.56. The zero-order chi connectivity index (χ0) is 9.35. The van der Waals surface area contributed by atoms with Gasteiger partial charge >= 0.3 is 0 Å². The first kappa shape index (κ1) is 10.0. The number of rotatable bonds is 0. The van der Waals surface area contributed by atoms with E-state index in [0.29, 0.717) is 11.3 Å². The lowest BCUT2D eigenvalue weighted by atomic mass is 9.69. The number of aliphatic hydroxyl groups is 1. The summed E-state index contributed by atoms with van der Waals surface area (Å²) in [5.41, 5.74) is 0.425. The fraction of sp³-hybridized carbons (Fsp3) is 1.00. The molecular formula is C11H22O. The van der Waals surface area contributed by atoms with Gasteiger partial charge in [-0.05, 0) is 36.5 Å². The molecule has 1 nitrogen and oxygen atoms in total. The van der Waals surface area contributed by atoms with Crippen molar-refractivity contribution in [2.45, 2.75) is 53.1 Å². The molecule has 0 radical (unpaired) electrons. The summed E-state index contributed by atoms with van der Waals surface area (Å²) in [5.74, 6) is 1.30. The van der Waals surface area contributed by atoms with Gasteiger partial charge in [-0.1, -0.05) is 27.7 Å². The van der Waals surface area contributed by atoms with Gasteiger partial charge in [0.05, 0.1) is 6.10 Å². The van der Waals surface area contributed by atoms with Crippen LogP contribution in [0, 0.1) is 17.3 Å². The molecule has 1 N–H and O–H groups in total. The molecule has 0 unspecified atom stereocenters. The van der Waals surface area contributed by atoms with Gasteiger partial charge in [0.25, 0.3) is 0 Å². The Kier molecular flexibility index (Phi) is 2.82. The quantitative estimate of drug-likeness (QED) is 0.592. The SMILES string of the molecule is C[C@H]1C[C@@H](C(C)(C)C)CC[C@@H]1O. The second-order valence-corrected chi connectivity index (χ2v) is 5.42. The number of aliphatic hydroxyl groups excluding tert-OH is 1. The van der Waals surface area contributed by atoms with Crippen molar-refractivity contribution in [2.24, 2.45) is 17.3 Å². The van der Waals surface area contributed by atoms with Gasteiger partial charge < -0.3 is 5.11 Å². The van der Waals surface area contributed by atoms with Gasteiger partial charge in [0.1, 0.15) is 0 Å². The molecule has 0 heterocycles. The Morgan fingerprint density at radius 1 is 1.17 bits per heavy atom. The van der Waals surface area contributed by atoms with Gasteiger partial charge in [-0.3, -0.25) is 0 Å². The van der Waals surface area contributed by atoms with Crippen LogP contribution >= 0.6 is 0 Å². The zero-order valence-electron chi connectivity index (χ0n) is 8.80. The molecule has 1 fully saturated rings. The Hall–Kier alpha value is -0.0400. The molecule has 0 spiro atoms. The minimum Gasteiger partial charge on any atom is -0.393 e. The molecule has 72 valence electrons. The summed E-state index contributed by atoms with van der Waals surface area (Å²) in [7, 11) is 0. The molecular weight excluding hydrogens is 148 g/mol. The molecule has 1 heteroatoms. The second kappa shape index (κ2) is 3.37. The molecule has 1 aliphatic rings. The number of hydrogen-bond acceptors (Lipinski definition) is 1. The van der Waals surface area contributed by atoms with Crippen molar-refractivity contribution in [3.05, 3.63) is 0 Å². The molecule has 1 saturated carbocycles. The minimum absolute atomic E-state index is 0.0383. The number of hydrogen-bond donors (Lipinski definition) is 1. The maximum Gasteiger partial charge on any atom is 0.0566 e. The average Bonchev–Trinajstić information content (AvgIpc) is 1.92. The third-order valence-electron chi connectivity index (χ3n) is 3.35. The predicted molar refractivity (Wildman–Crippen MR) is 52.0 cm³/mol. The van der Waals surface area contributed by atoms with Crippen molar-refractivity contribution < 1.29 is 5.11 Å². The van der Waals surface area contributed by atoms with Gasteiger partial charge in [-0.2, -0.15) is 0 Å². The lowest BCUT2D eigenvalue weighted by Gasteiger charge is -2.38. The zero-order valence-corrected chi connectivity index (χ0v) is 8.80. The van der Waals surface area contributed by atoms with Crippen molar-refractivity contribution in [3.8, 4) is 0 Å². The Morgan fingerprint density at radius 2 is 1.75 bits per heavy atom. The van der Waals surface area contributed by atoms with Crippen LogP contribution in [0.1, 0.15) is 47.0 Å². The van der Waals surface area contributed by atoms with E-state index in [9.17, 15) is 5.11 Å². The minimum atomic E-state index is -0.0383. The van der Waals surface area contributed by atoms with Crippen molar-refractivity contribution in [1.29, 1.82) is 0 Å². The standard InChI is InChI=1S/C11H22O/c1-8-7-9(11(2,3)4)5-6-10(8)12/h8-10,12H,5-7H2,1-4H3/t8-,9-,10-/m0/s1. The molecule has 12 heavy (non-hydrogen) atoms. The Labute approximate surface area is 76.2 Å². The first-order chi connectivity index (χ1) is 5.41. The second-order valence-electron chi connectivity index (χ2n) is 5.42. The van der Waals surface area contributed by atoms with Gasteiger partial charge in [-0.15, -0.1) is 0 Å². The van der Waals surface area contributed by atoms with E-state index in [2.05, 4.69) is 27.7 Å². The van der Waals surface area contributed by atoms with Crippen LogP contribution in [-0.4, -0.2) is 11.2 Å². The topological polar surface area (TPSA) is 20.2 Å². The normalized spacial score (nSPS) is 38.2. The molecule has 0 aromatic heterocycles. The summed E-state index contributed by atoms with van der Waals surface area (Å²) in [6, 6.07) is 0. The lowest BCUT2D eigenvalue weighted by molar-refractivity contribution is 0.0274. The summed E-state index contributed by atoms with van der Waals surface area (Å²) in [6.45, 7) is 9.09. The van der Waals surface area contributed by atoms with Crippen LogP contribution < -0.4 is 0 Å². The average molecular weight is 170 g/mol. The highest BCUT2D eigenvalue weighted by Crippen LogP contribution is 2.39. The maximum atomic E-state index is 9.56. The Balaban J connectivity index is 2.51. The van der Waals surface area contributed by atoms with Crippen LogP contribution in [0.3, 0.4) is 0 Å². The fourth-order valence-electron chi connectivity index (χ4n) is 2.17. The van der Waals surface area contributed by atoms with E-state index in [1.807, 2.05) is 0 Å². The summed E-state index contributed by atoms with van der Waals surface area (Å²) in [6.07, 6.45) is 3.37. The third kappa shape index (κ3) is 2.22. The molecule has 1 aliphatic carbocycles. The highest BCUT2D eigenvalue weighted by atomic mass is 16.3. The van der Waals surface area contributed by atoms with Crippen LogP contribution in [-0.2, 0) is 0 Å². The Morgan fingerprint density at radius 3 is 2.17 bits per heavy atom. The predicted octanol–water partition coefficient (Wildman–Crippen LogP) is 2.83. The third-order valence-corrected chi connectivity index (χ3v) is 3.35. The van der Waals surface area contributed by atoms with E-state index >= 15 is 0 Å². The lowest BCUT2D eigenvalue weighted by Crippen LogP contribution is -2.33. The van der Waals surface area contributed by atoms with Crippen molar-refractivity contribution in [2.75, 3.05) is 0 Å². The van der Waals surface area contributed by atoms with Crippen molar-refractivity contribution in [3.63, 3.8) is 0 Å². The smallest absolute Gasteiger partial charge is 0.0566 e. The van der Waals surface area contributed by atoms with Gasteiger partial charge in [0, 0.05) is 0 Å². The molecule has 0 amide bonds. The van der Waals surface area contributed by atoms with Crippen LogP contribution in [0.25, 0.3) is 0 Å². The molecule has 0 aromatic carbocycles. The first-order valence-electron chi connectivity index (χ1n) is 5.09. The molecule has 0 aromatic rings. The first-order valence-corrected chi connectivity index (χ1v) is 5.09. The van der Waals surface area contributed by atoms with E-state index in [1.54, 1.807) is 0 Å². The molecule has 3 atom stereocenters. The van der Waals surface area contributed by atoms with E-state index in [1.165, 1.54) is 12.8 Å². The van der Waals surface area contributed by atoms with Crippen LogP contribution in [0.4, 0.5) is 0 Å². The highest BCUT2D eigenvalue weighted by Gasteiger charge is 2.32. The van der Waals surface area contributed by atoms with Crippen LogP contribution in [0.2, 0.25) is 0 Å². The summed E-state index contributed by atoms with van der Waals surface area (Å²) >= 11 is 0. The van der Waals surface area contributed by atoms with Crippen molar-refractivity contribution in [1.82, 2.24) is 0 Å². The molecule has 0 bridgehead atoms. The van der Waals surface area contributed by atoms with E-state index in [0.717, 1.165) is 12.3 Å². The summed E-state index contributed by atoms with van der Waals surface area (Å²) in [4.78, 5) is 0. The summed E-state index contributed by atoms with van der Waals surface area (Å²) in [5, 5.41) is 9.56.